The van der Waals surface area contributed by atoms with Gasteiger partial charge in [-0.15, -0.1) is 0 Å². The predicted octanol–water partition coefficient (Wildman–Crippen LogP) is 7.44. The van der Waals surface area contributed by atoms with Gasteiger partial charge < -0.3 is 25.0 Å². The van der Waals surface area contributed by atoms with Gasteiger partial charge in [0, 0.05) is 12.2 Å². The van der Waals surface area contributed by atoms with E-state index in [9.17, 15) is 14.4 Å². The zero-order chi connectivity index (χ0) is 32.0. The number of rotatable bonds is 16. The first-order chi connectivity index (χ1) is 20.4. The number of carbonyl (C=O) groups is 3. The van der Waals surface area contributed by atoms with Crippen LogP contribution in [-0.4, -0.2) is 60.1 Å². The number of hydrogen-bond acceptors (Lipinski definition) is 6. The van der Waals surface area contributed by atoms with Crippen LogP contribution in [0.2, 0.25) is 0 Å². The third kappa shape index (κ3) is 12.1. The number of thioether (sulfide) groups is 1. The zero-order valence-electron chi connectivity index (χ0n) is 27.2. The molecule has 2 N–H and O–H groups in total. The van der Waals surface area contributed by atoms with E-state index in [0.29, 0.717) is 30.2 Å². The Morgan fingerprint density at radius 1 is 0.977 bits per heavy atom. The smallest absolute Gasteiger partial charge is 0.408 e. The van der Waals surface area contributed by atoms with Gasteiger partial charge in [0.05, 0.1) is 7.11 Å². The van der Waals surface area contributed by atoms with E-state index in [4.69, 9.17) is 9.47 Å². The van der Waals surface area contributed by atoms with Crippen LogP contribution in [0.4, 0.5) is 10.5 Å². The van der Waals surface area contributed by atoms with Gasteiger partial charge in [-0.1, -0.05) is 56.4 Å². The summed E-state index contributed by atoms with van der Waals surface area (Å²) in [6.07, 6.45) is 6.67. The number of unbranched alkanes of at least 4 members (excludes halogenated alkanes) is 4. The topological polar surface area (TPSA) is 97.0 Å². The average molecular weight is 614 g/mol. The monoisotopic (exact) mass is 613 g/mol. The third-order valence-electron chi connectivity index (χ3n) is 7.02. The first-order valence-electron chi connectivity index (χ1n) is 15.2. The summed E-state index contributed by atoms with van der Waals surface area (Å²) in [6.45, 7) is 11.9. The fraction of sp³-hybridized carbons (Fsp3) is 0.559. The Bertz CT molecular complexity index is 1180. The van der Waals surface area contributed by atoms with Crippen LogP contribution in [0.3, 0.4) is 0 Å². The number of benzene rings is 2. The Balaban J connectivity index is 2.55. The Morgan fingerprint density at radius 2 is 1.65 bits per heavy atom. The van der Waals surface area contributed by atoms with Crippen molar-refractivity contribution in [3.8, 4) is 5.75 Å². The van der Waals surface area contributed by atoms with Crippen LogP contribution < -0.4 is 15.4 Å². The highest BCUT2D eigenvalue weighted by molar-refractivity contribution is 7.98. The van der Waals surface area contributed by atoms with Crippen LogP contribution in [0, 0.1) is 13.8 Å². The highest BCUT2D eigenvalue weighted by atomic mass is 32.2. The van der Waals surface area contributed by atoms with Gasteiger partial charge in [0.25, 0.3) is 5.91 Å². The Kier molecular flexibility index (Phi) is 14.9. The van der Waals surface area contributed by atoms with Gasteiger partial charge in [-0.25, -0.2) is 4.79 Å². The second-order valence-corrected chi connectivity index (χ2v) is 12.9. The van der Waals surface area contributed by atoms with Gasteiger partial charge >= 0.3 is 6.09 Å². The largest absolute Gasteiger partial charge is 0.497 e. The quantitative estimate of drug-likeness (QED) is 0.191. The van der Waals surface area contributed by atoms with Crippen molar-refractivity contribution in [3.05, 3.63) is 59.2 Å². The molecule has 2 unspecified atom stereocenters. The number of aryl methyl sites for hydroxylation is 2. The number of alkyl carbamates (subject to hydrolysis) is 1. The summed E-state index contributed by atoms with van der Waals surface area (Å²) in [6, 6.07) is 11.3. The number of hydrogen-bond donors (Lipinski definition) is 2. The summed E-state index contributed by atoms with van der Waals surface area (Å²) in [5.74, 6) is 0.714. The summed E-state index contributed by atoms with van der Waals surface area (Å²) < 4.78 is 10.8. The third-order valence-corrected chi connectivity index (χ3v) is 7.67. The van der Waals surface area contributed by atoms with Gasteiger partial charge in [-0.3, -0.25) is 9.59 Å². The lowest BCUT2D eigenvalue weighted by molar-refractivity contribution is -0.141. The summed E-state index contributed by atoms with van der Waals surface area (Å²) >= 11 is 1.59. The number of carbonyl (C=O) groups excluding carboxylic acids is 3. The molecule has 0 aromatic heterocycles. The summed E-state index contributed by atoms with van der Waals surface area (Å²) in [5.41, 5.74) is 2.62. The van der Waals surface area contributed by atoms with Gasteiger partial charge in [-0.05, 0) is 94.9 Å². The van der Waals surface area contributed by atoms with Crippen molar-refractivity contribution in [2.45, 2.75) is 97.8 Å². The number of nitrogens with one attached hydrogen (secondary N) is 2. The molecule has 3 amide bonds. The first-order valence-corrected chi connectivity index (χ1v) is 16.6. The minimum absolute atomic E-state index is 0.301. The molecule has 0 fully saturated rings. The van der Waals surface area contributed by atoms with Crippen LogP contribution in [-0.2, 0) is 14.3 Å². The molecule has 2 rings (SSSR count). The second-order valence-electron chi connectivity index (χ2n) is 11.9. The predicted molar refractivity (Wildman–Crippen MR) is 177 cm³/mol. The molecule has 0 aliphatic carbocycles. The van der Waals surface area contributed by atoms with Crippen molar-refractivity contribution in [2.75, 3.05) is 31.0 Å². The van der Waals surface area contributed by atoms with Crippen molar-refractivity contribution < 1.29 is 23.9 Å². The second kappa shape index (κ2) is 17.8. The Morgan fingerprint density at radius 3 is 2.23 bits per heavy atom. The highest BCUT2D eigenvalue weighted by Crippen LogP contribution is 2.29. The minimum atomic E-state index is -0.904. The fourth-order valence-corrected chi connectivity index (χ4v) is 5.33. The maximum absolute atomic E-state index is 14.5. The van der Waals surface area contributed by atoms with Crippen molar-refractivity contribution >= 4 is 35.4 Å². The molecule has 238 valence electrons. The molecule has 0 saturated carbocycles. The molecular formula is C34H51N3O5S. The van der Waals surface area contributed by atoms with E-state index in [0.717, 1.165) is 48.8 Å². The molecular weight excluding hydrogens is 562 g/mol. The number of amides is 3. The molecule has 9 heteroatoms. The van der Waals surface area contributed by atoms with Crippen LogP contribution >= 0.6 is 11.8 Å². The summed E-state index contributed by atoms with van der Waals surface area (Å²) in [4.78, 5) is 43.1. The zero-order valence-corrected chi connectivity index (χ0v) is 28.1. The summed E-state index contributed by atoms with van der Waals surface area (Å²) in [7, 11) is 1.59. The SMILES string of the molecule is CCCCCCCN(C(=O)C(CCSC)NC(=O)OC(C)(C)C)C(C(=O)Nc1ccc(OC)cc1)c1ccc(C)cc1C. The van der Waals surface area contributed by atoms with E-state index >= 15 is 0 Å². The van der Waals surface area contributed by atoms with Gasteiger partial charge in [0.2, 0.25) is 5.91 Å². The Hall–Kier alpha value is -3.20. The van der Waals surface area contributed by atoms with Gasteiger partial charge in [0.1, 0.15) is 23.4 Å². The number of anilines is 1. The van der Waals surface area contributed by atoms with Crippen molar-refractivity contribution in [1.29, 1.82) is 0 Å². The first kappa shape index (κ1) is 36.0. The lowest BCUT2D eigenvalue weighted by atomic mass is 9.95. The van der Waals surface area contributed by atoms with Crippen LogP contribution in [0.1, 0.15) is 89.0 Å². The maximum Gasteiger partial charge on any atom is 0.408 e. The standard InChI is InChI=1S/C34H51N3O5S/c1-9-10-11-12-13-21-37(32(39)29(20-22-43-8)36-33(40)42-34(4,5)6)30(28-19-14-24(2)23-25(28)3)31(38)35-26-15-17-27(41-7)18-16-26/h14-19,23,29-30H,9-13,20-22H2,1-8H3,(H,35,38)(H,36,40). The maximum atomic E-state index is 14.5. The average Bonchev–Trinajstić information content (AvgIpc) is 2.94. The van der Waals surface area contributed by atoms with E-state index in [1.807, 2.05) is 38.3 Å². The molecule has 0 bridgehead atoms. The molecule has 0 aliphatic rings. The van der Waals surface area contributed by atoms with Crippen molar-refractivity contribution in [1.82, 2.24) is 10.2 Å². The van der Waals surface area contributed by atoms with E-state index in [1.165, 1.54) is 0 Å². The molecule has 43 heavy (non-hydrogen) atoms. The highest BCUT2D eigenvalue weighted by Gasteiger charge is 2.36. The van der Waals surface area contributed by atoms with E-state index in [1.54, 1.807) is 68.8 Å². The molecule has 8 nitrogen and oxygen atoms in total. The molecule has 0 spiro atoms. The van der Waals surface area contributed by atoms with Crippen LogP contribution in [0.25, 0.3) is 0 Å². The normalized spacial score (nSPS) is 12.7. The molecule has 0 radical (unpaired) electrons. The minimum Gasteiger partial charge on any atom is -0.497 e. The van der Waals surface area contributed by atoms with Crippen LogP contribution in [0.15, 0.2) is 42.5 Å². The molecule has 0 aliphatic heterocycles. The van der Waals surface area contributed by atoms with E-state index in [-0.39, 0.29) is 11.8 Å². The number of methoxy groups -OCH3 is 1. The molecule has 2 atom stereocenters. The Labute approximate surface area is 262 Å². The van der Waals surface area contributed by atoms with Crippen molar-refractivity contribution in [2.24, 2.45) is 0 Å². The molecule has 2 aromatic carbocycles. The lowest BCUT2D eigenvalue weighted by Gasteiger charge is -2.35. The van der Waals surface area contributed by atoms with Crippen molar-refractivity contribution in [3.63, 3.8) is 0 Å². The summed E-state index contributed by atoms with van der Waals surface area (Å²) in [5, 5.41) is 5.85. The molecule has 2 aromatic rings. The van der Waals surface area contributed by atoms with Crippen LogP contribution in [0.5, 0.6) is 5.75 Å². The number of ether oxygens (including phenoxy) is 2. The van der Waals surface area contributed by atoms with E-state index < -0.39 is 23.8 Å². The fourth-order valence-electron chi connectivity index (χ4n) is 4.86. The van der Waals surface area contributed by atoms with E-state index in [2.05, 4.69) is 17.6 Å². The van der Waals surface area contributed by atoms with Gasteiger partial charge in [0.15, 0.2) is 0 Å². The molecule has 0 heterocycles. The molecule has 0 saturated heterocycles. The number of nitrogens with zero attached hydrogens (tertiary/aromatic N) is 1. The van der Waals surface area contributed by atoms with Gasteiger partial charge in [-0.2, -0.15) is 11.8 Å². The lowest BCUT2D eigenvalue weighted by Crippen LogP contribution is -2.53.